The number of ether oxygens (including phenoxy) is 1. The third-order valence-electron chi connectivity index (χ3n) is 5.48. The first-order valence-corrected chi connectivity index (χ1v) is 10.0. The first kappa shape index (κ1) is 16.4. The van der Waals surface area contributed by atoms with E-state index in [4.69, 9.17) is 16.3 Å². The highest BCUT2D eigenvalue weighted by Gasteiger charge is 2.63. The van der Waals surface area contributed by atoms with Crippen LogP contribution < -0.4 is 10.2 Å². The third kappa shape index (κ3) is 2.76. The lowest BCUT2D eigenvalue weighted by Crippen LogP contribution is -2.42. The number of amides is 1. The number of carbonyl (C=O) groups is 1. The highest BCUT2D eigenvalue weighted by molar-refractivity contribution is 7.99. The number of nitrogens with zero attached hydrogens (tertiary/aromatic N) is 3. The van der Waals surface area contributed by atoms with Crippen molar-refractivity contribution in [3.05, 3.63) is 17.4 Å². The van der Waals surface area contributed by atoms with Crippen molar-refractivity contribution in [2.24, 2.45) is 11.8 Å². The van der Waals surface area contributed by atoms with Crippen LogP contribution in [0.5, 0.6) is 0 Å². The monoisotopic (exact) mass is 368 g/mol. The van der Waals surface area contributed by atoms with Crippen LogP contribution in [0.1, 0.15) is 12.8 Å². The number of halogens is 1. The minimum absolute atomic E-state index is 0.0947. The molecule has 1 aromatic heterocycles. The largest absolute Gasteiger partial charge is 0.369 e. The van der Waals surface area contributed by atoms with Gasteiger partial charge in [0.2, 0.25) is 11.9 Å². The van der Waals surface area contributed by atoms with E-state index >= 15 is 0 Å². The van der Waals surface area contributed by atoms with Crippen LogP contribution in [-0.2, 0) is 9.53 Å². The van der Waals surface area contributed by atoms with E-state index in [9.17, 15) is 4.79 Å². The summed E-state index contributed by atoms with van der Waals surface area (Å²) in [5.41, 5.74) is -0.0947. The number of aromatic nitrogens is 2. The normalized spacial score (nSPS) is 33.8. The van der Waals surface area contributed by atoms with Gasteiger partial charge in [-0.2, -0.15) is 11.8 Å². The van der Waals surface area contributed by atoms with Gasteiger partial charge in [0.25, 0.3) is 0 Å². The number of fused-ring (bicyclic) bond motifs is 1. The summed E-state index contributed by atoms with van der Waals surface area (Å²) in [4.78, 5) is 22.7. The topological polar surface area (TPSA) is 67.4 Å². The Morgan fingerprint density at radius 3 is 3.08 bits per heavy atom. The maximum absolute atomic E-state index is 11.8. The van der Waals surface area contributed by atoms with Gasteiger partial charge < -0.3 is 15.0 Å². The second kappa shape index (κ2) is 6.35. The molecule has 1 spiro atoms. The van der Waals surface area contributed by atoms with Gasteiger partial charge in [0.05, 0.1) is 41.4 Å². The molecule has 4 atom stereocenters. The summed E-state index contributed by atoms with van der Waals surface area (Å²) >= 11 is 7.43. The van der Waals surface area contributed by atoms with Crippen molar-refractivity contribution in [1.29, 1.82) is 0 Å². The molecule has 0 radical (unpaired) electrons. The lowest BCUT2D eigenvalue weighted by atomic mass is 9.73. The molecule has 4 rings (SSSR count). The van der Waals surface area contributed by atoms with E-state index in [1.54, 1.807) is 24.2 Å². The summed E-state index contributed by atoms with van der Waals surface area (Å²) in [5, 5.41) is 3.62. The van der Waals surface area contributed by atoms with Crippen LogP contribution in [0.15, 0.2) is 12.4 Å². The van der Waals surface area contributed by atoms with E-state index in [0.717, 1.165) is 25.9 Å². The highest BCUT2D eigenvalue weighted by atomic mass is 35.5. The van der Waals surface area contributed by atoms with Crippen molar-refractivity contribution < 1.29 is 9.53 Å². The maximum atomic E-state index is 11.8. The van der Waals surface area contributed by atoms with Gasteiger partial charge >= 0.3 is 0 Å². The maximum Gasteiger partial charge on any atom is 0.229 e. The molecule has 6 nitrogen and oxygen atoms in total. The summed E-state index contributed by atoms with van der Waals surface area (Å²) in [7, 11) is 0. The molecule has 0 aliphatic carbocycles. The van der Waals surface area contributed by atoms with E-state index in [1.807, 2.05) is 6.26 Å². The van der Waals surface area contributed by atoms with Crippen LogP contribution in [-0.4, -0.2) is 59.2 Å². The minimum atomic E-state index is -0.0947. The van der Waals surface area contributed by atoms with Crippen LogP contribution in [0.3, 0.4) is 0 Å². The number of thioether (sulfide) groups is 1. The fraction of sp³-hybridized carbons (Fsp3) is 0.688. The number of hydrogen-bond acceptors (Lipinski definition) is 6. The molecule has 0 saturated carbocycles. The number of hydrogen-bond donors (Lipinski definition) is 1. The quantitative estimate of drug-likeness (QED) is 0.851. The first-order chi connectivity index (χ1) is 11.6. The molecule has 2 bridgehead atoms. The summed E-state index contributed by atoms with van der Waals surface area (Å²) in [6, 6.07) is 0. The second-order valence-electron chi connectivity index (χ2n) is 6.85. The van der Waals surface area contributed by atoms with Crippen molar-refractivity contribution in [3.63, 3.8) is 0 Å². The van der Waals surface area contributed by atoms with Gasteiger partial charge in [-0.15, -0.1) is 0 Å². The van der Waals surface area contributed by atoms with Gasteiger partial charge in [-0.1, -0.05) is 11.6 Å². The summed E-state index contributed by atoms with van der Waals surface area (Å²) in [6.45, 7) is 2.40. The van der Waals surface area contributed by atoms with Crippen molar-refractivity contribution in [3.8, 4) is 0 Å². The molecule has 4 heterocycles. The average Bonchev–Trinajstić information content (AvgIpc) is 3.22. The van der Waals surface area contributed by atoms with Crippen LogP contribution in [0.25, 0.3) is 0 Å². The van der Waals surface area contributed by atoms with Gasteiger partial charge in [0.1, 0.15) is 0 Å². The van der Waals surface area contributed by atoms with Gasteiger partial charge in [0, 0.05) is 24.9 Å². The zero-order valence-corrected chi connectivity index (χ0v) is 15.1. The van der Waals surface area contributed by atoms with Gasteiger partial charge in [-0.3, -0.25) is 4.79 Å². The molecule has 3 aliphatic rings. The Balaban J connectivity index is 1.46. The SMILES string of the molecule is CSCC(=O)NC[C@H]1[C@H]2CN(c3ncc(Cl)cn3)C[C@]23CC[C@H]1O3. The zero-order valence-electron chi connectivity index (χ0n) is 13.6. The molecule has 1 aromatic rings. The van der Waals surface area contributed by atoms with Crippen molar-refractivity contribution in [1.82, 2.24) is 15.3 Å². The Labute approximate surface area is 150 Å². The van der Waals surface area contributed by atoms with Crippen LogP contribution in [0, 0.1) is 11.8 Å². The van der Waals surface area contributed by atoms with Gasteiger partial charge in [-0.05, 0) is 19.1 Å². The molecule has 130 valence electrons. The Kier molecular flexibility index (Phi) is 4.34. The molecule has 3 fully saturated rings. The van der Waals surface area contributed by atoms with E-state index in [2.05, 4.69) is 20.2 Å². The molecular weight excluding hydrogens is 348 g/mol. The number of anilines is 1. The van der Waals surface area contributed by atoms with E-state index in [-0.39, 0.29) is 17.6 Å². The zero-order chi connectivity index (χ0) is 16.7. The number of nitrogens with one attached hydrogen (secondary N) is 1. The minimum Gasteiger partial charge on any atom is -0.369 e. The Hall–Kier alpha value is -1.05. The number of carbonyl (C=O) groups excluding carboxylic acids is 1. The predicted octanol–water partition coefficient (Wildman–Crippen LogP) is 1.59. The summed E-state index contributed by atoms with van der Waals surface area (Å²) in [5.74, 6) is 2.13. The average molecular weight is 369 g/mol. The lowest BCUT2D eigenvalue weighted by Gasteiger charge is -2.29. The molecule has 3 saturated heterocycles. The molecule has 1 amide bonds. The molecule has 1 N–H and O–H groups in total. The Morgan fingerprint density at radius 1 is 1.54 bits per heavy atom. The smallest absolute Gasteiger partial charge is 0.229 e. The van der Waals surface area contributed by atoms with Crippen molar-refractivity contribution in [2.45, 2.75) is 24.5 Å². The second-order valence-corrected chi connectivity index (χ2v) is 8.15. The van der Waals surface area contributed by atoms with Crippen molar-refractivity contribution in [2.75, 3.05) is 36.5 Å². The standard InChI is InChI=1S/C16H21ClN4O2S/c1-24-8-14(22)18-6-11-12-7-21(15-19-4-10(17)5-20-15)9-16(12)3-2-13(11)23-16/h4-5,11-13H,2-3,6-9H2,1H3,(H,18,22)/t11-,12+,13+,16+/m0/s1. The third-order valence-corrected chi connectivity index (χ3v) is 6.23. The highest BCUT2D eigenvalue weighted by Crippen LogP contribution is 2.54. The molecule has 3 aliphatic heterocycles. The molecule has 0 aromatic carbocycles. The van der Waals surface area contributed by atoms with Crippen LogP contribution in [0.4, 0.5) is 5.95 Å². The van der Waals surface area contributed by atoms with E-state index in [1.165, 1.54) is 0 Å². The van der Waals surface area contributed by atoms with Gasteiger partial charge in [-0.25, -0.2) is 9.97 Å². The molecule has 0 unspecified atom stereocenters. The molecule has 24 heavy (non-hydrogen) atoms. The van der Waals surface area contributed by atoms with Gasteiger partial charge in [0.15, 0.2) is 0 Å². The number of rotatable bonds is 5. The van der Waals surface area contributed by atoms with E-state index in [0.29, 0.717) is 35.1 Å². The predicted molar refractivity (Wildman–Crippen MR) is 94.5 cm³/mol. The Morgan fingerprint density at radius 2 is 2.33 bits per heavy atom. The first-order valence-electron chi connectivity index (χ1n) is 8.27. The van der Waals surface area contributed by atoms with Crippen LogP contribution in [0.2, 0.25) is 5.02 Å². The summed E-state index contributed by atoms with van der Waals surface area (Å²) in [6.07, 6.45) is 7.65. The van der Waals surface area contributed by atoms with Crippen molar-refractivity contribution >= 4 is 35.2 Å². The van der Waals surface area contributed by atoms with E-state index < -0.39 is 0 Å². The fourth-order valence-corrected chi connectivity index (χ4v) is 4.96. The fourth-order valence-electron chi connectivity index (χ4n) is 4.50. The Bertz CT molecular complexity index is 631. The summed E-state index contributed by atoms with van der Waals surface area (Å²) < 4.78 is 6.38. The lowest BCUT2D eigenvalue weighted by molar-refractivity contribution is -0.118. The molecular formula is C16H21ClN4O2S. The van der Waals surface area contributed by atoms with Crippen LogP contribution >= 0.6 is 23.4 Å². The molecule has 8 heteroatoms.